The molecule has 22 heavy (non-hydrogen) atoms. The van der Waals surface area contributed by atoms with Crippen LogP contribution in [0.15, 0.2) is 24.5 Å². The molecule has 1 unspecified atom stereocenters. The lowest BCUT2D eigenvalue weighted by Gasteiger charge is -2.26. The Morgan fingerprint density at radius 3 is 3.00 bits per heavy atom. The minimum Gasteiger partial charge on any atom is -0.378 e. The van der Waals surface area contributed by atoms with E-state index in [1.165, 1.54) is 0 Å². The van der Waals surface area contributed by atoms with Gasteiger partial charge in [0, 0.05) is 37.8 Å². The number of fused-ring (bicyclic) bond motifs is 1. The van der Waals surface area contributed by atoms with Crippen LogP contribution in [0.25, 0.3) is 0 Å². The van der Waals surface area contributed by atoms with Crippen LogP contribution in [-0.4, -0.2) is 42.2 Å². The van der Waals surface area contributed by atoms with Gasteiger partial charge in [0.15, 0.2) is 5.13 Å². The van der Waals surface area contributed by atoms with Crippen LogP contribution in [0.3, 0.4) is 0 Å². The molecule has 2 aliphatic rings. The van der Waals surface area contributed by atoms with Gasteiger partial charge in [-0.15, -0.1) is 0 Å². The van der Waals surface area contributed by atoms with Crippen molar-refractivity contribution in [3.05, 3.63) is 35.0 Å². The summed E-state index contributed by atoms with van der Waals surface area (Å²) in [6, 6.07) is 3.93. The topological polar surface area (TPSA) is 67.4 Å². The summed E-state index contributed by atoms with van der Waals surface area (Å²) in [6.45, 7) is 3.14. The van der Waals surface area contributed by atoms with E-state index in [-0.39, 0.29) is 11.8 Å². The Labute approximate surface area is 132 Å². The molecule has 1 saturated heterocycles. The van der Waals surface area contributed by atoms with Gasteiger partial charge in [0.1, 0.15) is 5.82 Å². The number of carbonyl (C=O) groups excluding carboxylic acids is 1. The van der Waals surface area contributed by atoms with Crippen molar-refractivity contribution in [2.24, 2.45) is 0 Å². The normalized spacial score (nSPS) is 21.4. The monoisotopic (exact) mass is 316 g/mol. The summed E-state index contributed by atoms with van der Waals surface area (Å²) in [5.74, 6) is 0.765. The number of carbonyl (C=O) groups is 1. The molecular weight excluding hydrogens is 300 g/mol. The number of hydrogen-bond donors (Lipinski definition) is 1. The molecule has 0 saturated carbocycles. The Bertz CT molecular complexity index is 682. The summed E-state index contributed by atoms with van der Waals surface area (Å²) in [7, 11) is 0. The highest BCUT2D eigenvalue weighted by Crippen LogP contribution is 2.43. The Balaban J connectivity index is 1.70. The molecule has 2 aliphatic heterocycles. The van der Waals surface area contributed by atoms with Gasteiger partial charge in [0.05, 0.1) is 18.1 Å². The number of thiazole rings is 1. The smallest absolute Gasteiger partial charge is 0.226 e. The van der Waals surface area contributed by atoms with Gasteiger partial charge in [-0.05, 0) is 11.6 Å². The number of aromatic nitrogens is 2. The summed E-state index contributed by atoms with van der Waals surface area (Å²) in [6.07, 6.45) is 4.03. The number of nitrogens with one attached hydrogen (secondary N) is 1. The standard InChI is InChI=1S/C15H16N4O2S/c20-12-8-11(10-2-1-3-16-9-10)13-14(17-12)18-15(22-13)19-4-6-21-7-5-19/h1-3,9,11H,4-8H2,(H,17,20). The third-order valence-electron chi connectivity index (χ3n) is 3.97. The summed E-state index contributed by atoms with van der Waals surface area (Å²) in [5, 5.41) is 3.86. The highest BCUT2D eigenvalue weighted by Gasteiger charge is 2.31. The lowest BCUT2D eigenvalue weighted by Crippen LogP contribution is -2.36. The average molecular weight is 316 g/mol. The number of anilines is 2. The first-order chi connectivity index (χ1) is 10.8. The molecule has 6 nitrogen and oxygen atoms in total. The minimum absolute atomic E-state index is 0.0141. The third-order valence-corrected chi connectivity index (χ3v) is 5.20. The molecule has 0 aromatic carbocycles. The lowest BCUT2D eigenvalue weighted by atomic mass is 9.93. The van der Waals surface area contributed by atoms with E-state index in [0.717, 1.165) is 41.9 Å². The number of nitrogens with zero attached hydrogens (tertiary/aromatic N) is 3. The van der Waals surface area contributed by atoms with Crippen molar-refractivity contribution in [3.63, 3.8) is 0 Å². The van der Waals surface area contributed by atoms with Crippen LogP contribution >= 0.6 is 11.3 Å². The predicted octanol–water partition coefficient (Wildman–Crippen LogP) is 1.85. The van der Waals surface area contributed by atoms with Crippen LogP contribution in [-0.2, 0) is 9.53 Å². The van der Waals surface area contributed by atoms with E-state index >= 15 is 0 Å². The minimum atomic E-state index is 0.0141. The predicted molar refractivity (Wildman–Crippen MR) is 84.5 cm³/mol. The molecule has 0 spiro atoms. The SMILES string of the molecule is O=C1CC(c2cccnc2)c2sc(N3CCOCC3)nc2N1. The fourth-order valence-corrected chi connectivity index (χ4v) is 4.05. The molecule has 0 bridgehead atoms. The molecular formula is C15H16N4O2S. The second kappa shape index (κ2) is 5.66. The van der Waals surface area contributed by atoms with E-state index in [1.807, 2.05) is 18.3 Å². The van der Waals surface area contributed by atoms with E-state index in [9.17, 15) is 4.79 Å². The quantitative estimate of drug-likeness (QED) is 0.916. The summed E-state index contributed by atoms with van der Waals surface area (Å²) >= 11 is 1.66. The van der Waals surface area contributed by atoms with Crippen LogP contribution in [0.2, 0.25) is 0 Å². The zero-order valence-electron chi connectivity index (χ0n) is 12.0. The molecule has 2 aromatic rings. The molecule has 1 amide bonds. The Morgan fingerprint density at radius 2 is 2.23 bits per heavy atom. The summed E-state index contributed by atoms with van der Waals surface area (Å²) in [4.78, 5) is 24.2. The van der Waals surface area contributed by atoms with Gasteiger partial charge < -0.3 is 15.0 Å². The largest absolute Gasteiger partial charge is 0.378 e. The lowest BCUT2D eigenvalue weighted by molar-refractivity contribution is -0.116. The van der Waals surface area contributed by atoms with E-state index < -0.39 is 0 Å². The third kappa shape index (κ3) is 2.46. The van der Waals surface area contributed by atoms with Crippen molar-refractivity contribution in [2.75, 3.05) is 36.5 Å². The van der Waals surface area contributed by atoms with Crippen LogP contribution in [0.1, 0.15) is 22.8 Å². The zero-order valence-corrected chi connectivity index (χ0v) is 12.8. The molecule has 0 aliphatic carbocycles. The van der Waals surface area contributed by atoms with Gasteiger partial charge in [0.2, 0.25) is 5.91 Å². The van der Waals surface area contributed by atoms with Gasteiger partial charge in [-0.2, -0.15) is 0 Å². The first kappa shape index (κ1) is 13.7. The van der Waals surface area contributed by atoms with Gasteiger partial charge in [-0.3, -0.25) is 9.78 Å². The van der Waals surface area contributed by atoms with Crippen LogP contribution < -0.4 is 10.2 Å². The second-order valence-electron chi connectivity index (χ2n) is 5.40. The number of ether oxygens (including phenoxy) is 1. The van der Waals surface area contributed by atoms with Crippen molar-refractivity contribution >= 4 is 28.2 Å². The average Bonchev–Trinajstić information content (AvgIpc) is 2.99. The van der Waals surface area contributed by atoms with Crippen LogP contribution in [0.5, 0.6) is 0 Å². The van der Waals surface area contributed by atoms with Gasteiger partial charge in [-0.25, -0.2) is 4.98 Å². The maximum Gasteiger partial charge on any atom is 0.226 e. The highest BCUT2D eigenvalue weighted by atomic mass is 32.1. The van der Waals surface area contributed by atoms with Crippen molar-refractivity contribution in [1.29, 1.82) is 0 Å². The van der Waals surface area contributed by atoms with E-state index in [2.05, 4.69) is 20.2 Å². The molecule has 4 rings (SSSR count). The molecule has 7 heteroatoms. The number of hydrogen-bond acceptors (Lipinski definition) is 6. The Morgan fingerprint density at radius 1 is 1.36 bits per heavy atom. The fraction of sp³-hybridized carbons (Fsp3) is 0.400. The van der Waals surface area contributed by atoms with Gasteiger partial charge >= 0.3 is 0 Å². The van der Waals surface area contributed by atoms with E-state index in [4.69, 9.17) is 4.74 Å². The fourth-order valence-electron chi connectivity index (χ4n) is 2.85. The number of pyridine rings is 1. The number of morpholine rings is 1. The van der Waals surface area contributed by atoms with Crippen molar-refractivity contribution in [3.8, 4) is 0 Å². The first-order valence-electron chi connectivity index (χ1n) is 7.34. The second-order valence-corrected chi connectivity index (χ2v) is 6.41. The van der Waals surface area contributed by atoms with E-state index in [0.29, 0.717) is 12.2 Å². The van der Waals surface area contributed by atoms with Crippen LogP contribution in [0.4, 0.5) is 10.9 Å². The van der Waals surface area contributed by atoms with Gasteiger partial charge in [-0.1, -0.05) is 17.4 Å². The van der Waals surface area contributed by atoms with Gasteiger partial charge in [0.25, 0.3) is 0 Å². The Hall–Kier alpha value is -1.99. The zero-order chi connectivity index (χ0) is 14.9. The molecule has 1 fully saturated rings. The maximum absolute atomic E-state index is 12.0. The van der Waals surface area contributed by atoms with Crippen molar-refractivity contribution < 1.29 is 9.53 Å². The number of rotatable bonds is 2. The number of amides is 1. The Kier molecular flexibility index (Phi) is 3.51. The summed E-state index contributed by atoms with van der Waals surface area (Å²) in [5.41, 5.74) is 1.07. The molecule has 114 valence electrons. The molecule has 1 N–H and O–H groups in total. The van der Waals surface area contributed by atoms with Crippen molar-refractivity contribution in [1.82, 2.24) is 9.97 Å². The highest BCUT2D eigenvalue weighted by molar-refractivity contribution is 7.16. The molecule has 1 atom stereocenters. The summed E-state index contributed by atoms with van der Waals surface area (Å²) < 4.78 is 5.39. The molecule has 2 aromatic heterocycles. The maximum atomic E-state index is 12.0. The first-order valence-corrected chi connectivity index (χ1v) is 8.16. The molecule has 0 radical (unpaired) electrons. The molecule has 4 heterocycles. The van der Waals surface area contributed by atoms with Crippen LogP contribution in [0, 0.1) is 0 Å². The van der Waals surface area contributed by atoms with Crippen molar-refractivity contribution in [2.45, 2.75) is 12.3 Å². The van der Waals surface area contributed by atoms with E-state index in [1.54, 1.807) is 17.5 Å².